The Balaban J connectivity index is 2.68. The first-order valence-electron chi connectivity index (χ1n) is 5.67. The minimum atomic E-state index is -0.522. The van der Waals surface area contributed by atoms with Gasteiger partial charge >= 0.3 is 6.09 Å². The highest BCUT2D eigenvalue weighted by Crippen LogP contribution is 2.27. The van der Waals surface area contributed by atoms with E-state index in [1.807, 2.05) is 33.8 Å². The molecule has 0 aliphatic carbocycles. The number of hydrogen-bond acceptors (Lipinski definition) is 3. The van der Waals surface area contributed by atoms with Crippen LogP contribution in [0.25, 0.3) is 0 Å². The van der Waals surface area contributed by atoms with Crippen molar-refractivity contribution in [3.63, 3.8) is 0 Å². The number of ether oxygens (including phenoxy) is 1. The van der Waals surface area contributed by atoms with Crippen LogP contribution in [-0.4, -0.2) is 16.8 Å². The summed E-state index contributed by atoms with van der Waals surface area (Å²) in [5.41, 5.74) is 0.285. The molecule has 0 aliphatic rings. The van der Waals surface area contributed by atoms with Gasteiger partial charge in [-0.15, -0.1) is 0 Å². The van der Waals surface area contributed by atoms with E-state index in [2.05, 4.69) is 21.2 Å². The Morgan fingerprint density at radius 2 is 2.06 bits per heavy atom. The predicted molar refractivity (Wildman–Crippen MR) is 73.6 cm³/mol. The molecule has 1 amide bonds. The van der Waals surface area contributed by atoms with Crippen LogP contribution in [0.5, 0.6) is 5.75 Å². The molecule has 1 aromatic rings. The standard InChI is InChI=1S/C13H18BrNO3/c1-8(15-12(17)18-13(2,3)4)9-5-6-10(14)11(16)7-9/h5-8,16H,1-4H3,(H,15,17)/t8-/m1/s1. The monoisotopic (exact) mass is 315 g/mol. The first-order valence-corrected chi connectivity index (χ1v) is 6.46. The summed E-state index contributed by atoms with van der Waals surface area (Å²) in [6.45, 7) is 7.25. The minimum absolute atomic E-state index is 0.144. The van der Waals surface area contributed by atoms with Gasteiger partial charge in [-0.05, 0) is 61.3 Å². The number of halogens is 1. The van der Waals surface area contributed by atoms with E-state index in [0.717, 1.165) is 5.56 Å². The molecule has 2 N–H and O–H groups in total. The predicted octanol–water partition coefficient (Wildman–Crippen LogP) is 3.74. The van der Waals surface area contributed by atoms with Gasteiger partial charge in [0.05, 0.1) is 10.5 Å². The molecule has 0 saturated carbocycles. The maximum atomic E-state index is 11.6. The van der Waals surface area contributed by atoms with Crippen molar-refractivity contribution >= 4 is 22.0 Å². The zero-order valence-corrected chi connectivity index (χ0v) is 12.5. The van der Waals surface area contributed by atoms with Gasteiger partial charge in [-0.1, -0.05) is 6.07 Å². The third kappa shape index (κ3) is 4.56. The van der Waals surface area contributed by atoms with Crippen LogP contribution >= 0.6 is 15.9 Å². The van der Waals surface area contributed by atoms with Crippen LogP contribution in [0, 0.1) is 0 Å². The van der Waals surface area contributed by atoms with E-state index >= 15 is 0 Å². The number of rotatable bonds is 2. The van der Waals surface area contributed by atoms with E-state index in [1.165, 1.54) is 0 Å². The third-order valence-corrected chi connectivity index (χ3v) is 2.87. The number of benzene rings is 1. The molecule has 0 aliphatic heterocycles. The van der Waals surface area contributed by atoms with Gasteiger partial charge in [-0.25, -0.2) is 4.79 Å². The molecule has 18 heavy (non-hydrogen) atoms. The second-order valence-corrected chi connectivity index (χ2v) is 5.93. The van der Waals surface area contributed by atoms with Gasteiger partial charge in [-0.3, -0.25) is 0 Å². The average Bonchev–Trinajstić information content (AvgIpc) is 2.18. The maximum Gasteiger partial charge on any atom is 0.408 e. The van der Waals surface area contributed by atoms with Gasteiger partial charge in [0.25, 0.3) is 0 Å². The Bertz CT molecular complexity index is 440. The molecule has 1 rings (SSSR count). The molecule has 1 atom stereocenters. The topological polar surface area (TPSA) is 58.6 Å². The Hall–Kier alpha value is -1.23. The second-order valence-electron chi connectivity index (χ2n) is 5.08. The van der Waals surface area contributed by atoms with Crippen molar-refractivity contribution < 1.29 is 14.6 Å². The summed E-state index contributed by atoms with van der Waals surface area (Å²) in [6, 6.07) is 4.93. The van der Waals surface area contributed by atoms with Crippen LogP contribution in [0.15, 0.2) is 22.7 Å². The zero-order chi connectivity index (χ0) is 13.9. The van der Waals surface area contributed by atoms with E-state index in [-0.39, 0.29) is 11.8 Å². The third-order valence-electron chi connectivity index (χ3n) is 2.20. The van der Waals surface area contributed by atoms with Crippen LogP contribution in [0.4, 0.5) is 4.79 Å². The van der Waals surface area contributed by atoms with Crippen molar-refractivity contribution in [2.24, 2.45) is 0 Å². The lowest BCUT2D eigenvalue weighted by molar-refractivity contribution is 0.0508. The molecule has 0 aromatic heterocycles. The van der Waals surface area contributed by atoms with Crippen LogP contribution in [0.2, 0.25) is 0 Å². The summed E-state index contributed by atoms with van der Waals surface area (Å²) in [4.78, 5) is 11.6. The van der Waals surface area contributed by atoms with Gasteiger partial charge in [0.15, 0.2) is 0 Å². The smallest absolute Gasteiger partial charge is 0.408 e. The average molecular weight is 316 g/mol. The molecule has 0 radical (unpaired) electrons. The Kier molecular flexibility index (Phi) is 4.62. The highest BCUT2D eigenvalue weighted by atomic mass is 79.9. The molecule has 100 valence electrons. The minimum Gasteiger partial charge on any atom is -0.507 e. The number of carbonyl (C=O) groups is 1. The molecular weight excluding hydrogens is 298 g/mol. The van der Waals surface area contributed by atoms with Crippen LogP contribution in [-0.2, 0) is 4.74 Å². The summed E-state index contributed by atoms with van der Waals surface area (Å²) in [5.74, 6) is 0.144. The van der Waals surface area contributed by atoms with Gasteiger partial charge in [0.2, 0.25) is 0 Å². The van der Waals surface area contributed by atoms with Crippen LogP contribution in [0.3, 0.4) is 0 Å². The van der Waals surface area contributed by atoms with Crippen molar-refractivity contribution in [3.05, 3.63) is 28.2 Å². The number of amides is 1. The summed E-state index contributed by atoms with van der Waals surface area (Å²) < 4.78 is 5.78. The first kappa shape index (κ1) is 14.8. The highest BCUT2D eigenvalue weighted by Gasteiger charge is 2.18. The normalized spacial score (nSPS) is 12.9. The SMILES string of the molecule is C[C@@H](NC(=O)OC(C)(C)C)c1ccc(Br)c(O)c1. The maximum absolute atomic E-state index is 11.6. The van der Waals surface area contributed by atoms with E-state index in [4.69, 9.17) is 4.74 Å². The molecule has 0 fully saturated rings. The van der Waals surface area contributed by atoms with E-state index in [0.29, 0.717) is 4.47 Å². The van der Waals surface area contributed by atoms with Crippen molar-refractivity contribution in [2.75, 3.05) is 0 Å². The Labute approximate surface area is 115 Å². The van der Waals surface area contributed by atoms with Gasteiger partial charge in [0.1, 0.15) is 11.4 Å². The summed E-state index contributed by atoms with van der Waals surface area (Å²) >= 11 is 3.21. The van der Waals surface area contributed by atoms with Crippen molar-refractivity contribution in [1.29, 1.82) is 0 Å². The number of phenolic OH excluding ortho intramolecular Hbond substituents is 1. The summed E-state index contributed by atoms with van der Waals surface area (Å²) in [6.07, 6.45) is -0.475. The quantitative estimate of drug-likeness (QED) is 0.874. The molecule has 5 heteroatoms. The van der Waals surface area contributed by atoms with E-state index in [1.54, 1.807) is 12.1 Å². The fraction of sp³-hybridized carbons (Fsp3) is 0.462. The van der Waals surface area contributed by atoms with Crippen molar-refractivity contribution in [2.45, 2.75) is 39.3 Å². The van der Waals surface area contributed by atoms with Crippen LogP contribution in [0.1, 0.15) is 39.3 Å². The van der Waals surface area contributed by atoms with Crippen LogP contribution < -0.4 is 5.32 Å². The lowest BCUT2D eigenvalue weighted by Gasteiger charge is -2.22. The van der Waals surface area contributed by atoms with Crippen molar-refractivity contribution in [3.8, 4) is 5.75 Å². The molecule has 4 nitrogen and oxygen atoms in total. The molecular formula is C13H18BrNO3. The van der Waals surface area contributed by atoms with Gasteiger partial charge < -0.3 is 15.2 Å². The van der Waals surface area contributed by atoms with Crippen molar-refractivity contribution in [1.82, 2.24) is 5.32 Å². The molecule has 0 bridgehead atoms. The molecule has 1 aromatic carbocycles. The fourth-order valence-corrected chi connectivity index (χ4v) is 1.61. The number of hydrogen-bond donors (Lipinski definition) is 2. The second kappa shape index (κ2) is 5.61. The molecule has 0 saturated heterocycles. The summed E-state index contributed by atoms with van der Waals surface area (Å²) in [7, 11) is 0. The van der Waals surface area contributed by atoms with E-state index < -0.39 is 11.7 Å². The molecule has 0 unspecified atom stereocenters. The molecule has 0 heterocycles. The fourth-order valence-electron chi connectivity index (χ4n) is 1.37. The number of aromatic hydroxyl groups is 1. The van der Waals surface area contributed by atoms with Gasteiger partial charge in [0, 0.05) is 0 Å². The molecule has 0 spiro atoms. The zero-order valence-electron chi connectivity index (χ0n) is 11.0. The number of nitrogens with one attached hydrogen (secondary N) is 1. The van der Waals surface area contributed by atoms with E-state index in [9.17, 15) is 9.90 Å². The lowest BCUT2D eigenvalue weighted by atomic mass is 10.1. The Morgan fingerprint density at radius 3 is 2.56 bits per heavy atom. The summed E-state index contributed by atoms with van der Waals surface area (Å²) in [5, 5.41) is 12.3. The highest BCUT2D eigenvalue weighted by molar-refractivity contribution is 9.10. The lowest BCUT2D eigenvalue weighted by Crippen LogP contribution is -2.34. The number of phenols is 1. The van der Waals surface area contributed by atoms with Gasteiger partial charge in [-0.2, -0.15) is 0 Å². The Morgan fingerprint density at radius 1 is 1.44 bits per heavy atom. The number of alkyl carbamates (subject to hydrolysis) is 1. The number of carbonyl (C=O) groups excluding carboxylic acids is 1. The largest absolute Gasteiger partial charge is 0.507 e. The first-order chi connectivity index (χ1) is 8.19.